The zero-order valence-electron chi connectivity index (χ0n) is 8.95. The van der Waals surface area contributed by atoms with E-state index in [1.807, 2.05) is 6.92 Å². The van der Waals surface area contributed by atoms with E-state index in [9.17, 15) is 8.78 Å². The molecule has 1 heterocycles. The first-order valence-electron chi connectivity index (χ1n) is 4.81. The molecule has 0 spiro atoms. The van der Waals surface area contributed by atoms with Crippen molar-refractivity contribution >= 4 is 5.82 Å². The van der Waals surface area contributed by atoms with Gasteiger partial charge in [0.15, 0.2) is 0 Å². The molecule has 0 fully saturated rings. The molecule has 0 amide bonds. The predicted molar refractivity (Wildman–Crippen MR) is 54.7 cm³/mol. The molecule has 0 radical (unpaired) electrons. The monoisotopic (exact) mass is 218 g/mol. The van der Waals surface area contributed by atoms with E-state index in [0.717, 1.165) is 5.69 Å². The average molecular weight is 218 g/mol. The molecule has 86 valence electrons. The summed E-state index contributed by atoms with van der Waals surface area (Å²) in [6.07, 6.45) is -2.31. The van der Waals surface area contributed by atoms with Crippen LogP contribution in [-0.2, 0) is 13.1 Å². The van der Waals surface area contributed by atoms with Gasteiger partial charge in [-0.25, -0.2) is 8.78 Å². The summed E-state index contributed by atoms with van der Waals surface area (Å²) in [5.41, 5.74) is 6.39. The summed E-state index contributed by atoms with van der Waals surface area (Å²) in [4.78, 5) is 1.55. The number of rotatable bonds is 5. The van der Waals surface area contributed by atoms with E-state index in [0.29, 0.717) is 18.9 Å². The highest BCUT2D eigenvalue weighted by atomic mass is 19.3. The topological polar surface area (TPSA) is 47.1 Å². The van der Waals surface area contributed by atoms with Gasteiger partial charge in [-0.15, -0.1) is 0 Å². The Morgan fingerprint density at radius 1 is 1.60 bits per heavy atom. The number of halogens is 2. The van der Waals surface area contributed by atoms with Gasteiger partial charge in [0.2, 0.25) is 0 Å². The molecule has 15 heavy (non-hydrogen) atoms. The van der Waals surface area contributed by atoms with Gasteiger partial charge >= 0.3 is 0 Å². The maximum Gasteiger partial charge on any atom is 0.251 e. The quantitative estimate of drug-likeness (QED) is 0.807. The summed E-state index contributed by atoms with van der Waals surface area (Å²) in [6, 6.07) is 1.71. The lowest BCUT2D eigenvalue weighted by molar-refractivity contribution is 0.0964. The van der Waals surface area contributed by atoms with Crippen molar-refractivity contribution in [3.63, 3.8) is 0 Å². The smallest absolute Gasteiger partial charge is 0.251 e. The number of nitrogens with zero attached hydrogens (tertiary/aromatic N) is 3. The zero-order valence-corrected chi connectivity index (χ0v) is 8.95. The molecule has 2 N–H and O–H groups in total. The lowest BCUT2D eigenvalue weighted by Crippen LogP contribution is -2.25. The first-order valence-corrected chi connectivity index (χ1v) is 4.81. The van der Waals surface area contributed by atoms with Crippen molar-refractivity contribution in [1.29, 1.82) is 0 Å². The molecule has 0 aromatic carbocycles. The van der Waals surface area contributed by atoms with Gasteiger partial charge in [-0.05, 0) is 14.0 Å². The normalized spacial score (nSPS) is 11.6. The Labute approximate surface area is 87.7 Å². The molecule has 0 unspecified atom stereocenters. The second-order valence-corrected chi connectivity index (χ2v) is 3.46. The SMILES string of the molecule is CCn1nc(N)cc1CN(C)CC(F)F. The molecule has 1 aromatic heterocycles. The fraction of sp³-hybridized carbons (Fsp3) is 0.667. The number of alkyl halides is 2. The minimum absolute atomic E-state index is 0.241. The molecule has 6 heteroatoms. The summed E-state index contributed by atoms with van der Waals surface area (Å²) < 4.78 is 25.9. The minimum Gasteiger partial charge on any atom is -0.382 e. The summed E-state index contributed by atoms with van der Waals surface area (Å²) in [7, 11) is 1.65. The number of nitrogen functional groups attached to an aromatic ring is 1. The van der Waals surface area contributed by atoms with E-state index in [1.165, 1.54) is 0 Å². The van der Waals surface area contributed by atoms with Crippen molar-refractivity contribution in [1.82, 2.24) is 14.7 Å². The summed E-state index contributed by atoms with van der Waals surface area (Å²) in [6.45, 7) is 2.81. The van der Waals surface area contributed by atoms with Gasteiger partial charge in [0.1, 0.15) is 5.82 Å². The Morgan fingerprint density at radius 3 is 2.80 bits per heavy atom. The first kappa shape index (κ1) is 11.9. The molecule has 0 bridgehead atoms. The molecule has 0 aliphatic heterocycles. The summed E-state index contributed by atoms with van der Waals surface area (Å²) in [5.74, 6) is 0.428. The standard InChI is InChI=1S/C9H16F2N4/c1-3-15-7(4-9(12)13-15)5-14(2)6-8(10)11/h4,8H,3,5-6H2,1-2H3,(H2,12,13). The lowest BCUT2D eigenvalue weighted by Gasteiger charge is -2.16. The highest BCUT2D eigenvalue weighted by Gasteiger charge is 2.11. The maximum absolute atomic E-state index is 12.1. The molecule has 0 aliphatic rings. The van der Waals surface area contributed by atoms with Crippen LogP contribution < -0.4 is 5.73 Å². The number of anilines is 1. The van der Waals surface area contributed by atoms with Crippen LogP contribution in [0.3, 0.4) is 0 Å². The molecule has 1 rings (SSSR count). The van der Waals surface area contributed by atoms with Crippen LogP contribution in [-0.4, -0.2) is 34.7 Å². The Bertz CT molecular complexity index is 311. The fourth-order valence-corrected chi connectivity index (χ4v) is 1.46. The van der Waals surface area contributed by atoms with Crippen LogP contribution in [0.4, 0.5) is 14.6 Å². The van der Waals surface area contributed by atoms with Crippen LogP contribution in [0, 0.1) is 0 Å². The van der Waals surface area contributed by atoms with Crippen molar-refractivity contribution in [2.24, 2.45) is 0 Å². The first-order chi connectivity index (χ1) is 7.02. The number of hydrogen-bond donors (Lipinski definition) is 1. The fourth-order valence-electron chi connectivity index (χ4n) is 1.46. The molecule has 0 saturated heterocycles. The third-order valence-electron chi connectivity index (χ3n) is 2.06. The van der Waals surface area contributed by atoms with Gasteiger partial charge in [0.25, 0.3) is 6.43 Å². The number of hydrogen-bond acceptors (Lipinski definition) is 3. The lowest BCUT2D eigenvalue weighted by atomic mass is 10.3. The van der Waals surface area contributed by atoms with E-state index in [4.69, 9.17) is 5.73 Å². The van der Waals surface area contributed by atoms with Gasteiger partial charge in [-0.2, -0.15) is 5.10 Å². The van der Waals surface area contributed by atoms with E-state index in [-0.39, 0.29) is 6.54 Å². The molecule has 1 aromatic rings. The van der Waals surface area contributed by atoms with Gasteiger partial charge in [-0.3, -0.25) is 9.58 Å². The van der Waals surface area contributed by atoms with Crippen LogP contribution in [0.25, 0.3) is 0 Å². The molecule has 0 aliphatic carbocycles. The van der Waals surface area contributed by atoms with Crippen molar-refractivity contribution in [2.75, 3.05) is 19.3 Å². The second kappa shape index (κ2) is 5.06. The maximum atomic E-state index is 12.1. The van der Waals surface area contributed by atoms with Crippen molar-refractivity contribution in [3.05, 3.63) is 11.8 Å². The summed E-state index contributed by atoms with van der Waals surface area (Å²) in [5, 5.41) is 4.04. The van der Waals surface area contributed by atoms with Gasteiger partial charge < -0.3 is 5.73 Å². The largest absolute Gasteiger partial charge is 0.382 e. The number of nitrogens with two attached hydrogens (primary N) is 1. The Balaban J connectivity index is 2.62. The highest BCUT2D eigenvalue weighted by Crippen LogP contribution is 2.09. The van der Waals surface area contributed by atoms with E-state index >= 15 is 0 Å². The average Bonchev–Trinajstić information content (AvgIpc) is 2.44. The van der Waals surface area contributed by atoms with Gasteiger partial charge in [0, 0.05) is 19.2 Å². The van der Waals surface area contributed by atoms with E-state index < -0.39 is 6.43 Å². The zero-order chi connectivity index (χ0) is 11.4. The van der Waals surface area contributed by atoms with Crippen LogP contribution >= 0.6 is 0 Å². The molecule has 4 nitrogen and oxygen atoms in total. The van der Waals surface area contributed by atoms with Gasteiger partial charge in [0.05, 0.1) is 12.2 Å². The molecular formula is C9H16F2N4. The Kier molecular flexibility index (Phi) is 4.02. The molecule has 0 saturated carbocycles. The summed E-state index contributed by atoms with van der Waals surface area (Å²) >= 11 is 0. The predicted octanol–water partition coefficient (Wildman–Crippen LogP) is 1.18. The Morgan fingerprint density at radius 2 is 2.27 bits per heavy atom. The van der Waals surface area contributed by atoms with Crippen LogP contribution in [0.1, 0.15) is 12.6 Å². The molecule has 0 atom stereocenters. The van der Waals surface area contributed by atoms with Gasteiger partial charge in [-0.1, -0.05) is 0 Å². The Hall–Kier alpha value is -1.17. The number of aromatic nitrogens is 2. The second-order valence-electron chi connectivity index (χ2n) is 3.46. The molecular weight excluding hydrogens is 202 g/mol. The third-order valence-corrected chi connectivity index (χ3v) is 2.06. The van der Waals surface area contributed by atoms with Crippen molar-refractivity contribution in [2.45, 2.75) is 26.4 Å². The minimum atomic E-state index is -2.31. The number of aryl methyl sites for hydroxylation is 1. The van der Waals surface area contributed by atoms with Crippen LogP contribution in [0.2, 0.25) is 0 Å². The van der Waals surface area contributed by atoms with E-state index in [1.54, 1.807) is 22.7 Å². The van der Waals surface area contributed by atoms with E-state index in [2.05, 4.69) is 5.10 Å². The third kappa shape index (κ3) is 3.47. The van der Waals surface area contributed by atoms with Crippen molar-refractivity contribution in [3.8, 4) is 0 Å². The van der Waals surface area contributed by atoms with Crippen LogP contribution in [0.15, 0.2) is 6.07 Å². The highest BCUT2D eigenvalue weighted by molar-refractivity contribution is 5.29. The van der Waals surface area contributed by atoms with Crippen LogP contribution in [0.5, 0.6) is 0 Å². The van der Waals surface area contributed by atoms with Crippen molar-refractivity contribution < 1.29 is 8.78 Å².